The molecule has 1 fully saturated rings. The monoisotopic (exact) mass is 330 g/mol. The van der Waals surface area contributed by atoms with E-state index in [1.54, 1.807) is 0 Å². The summed E-state index contributed by atoms with van der Waals surface area (Å²) in [6, 6.07) is 2.54. The first kappa shape index (κ1) is 15.8. The number of hydrogen-bond acceptors (Lipinski definition) is 5. The van der Waals surface area contributed by atoms with Gasteiger partial charge >= 0.3 is 0 Å². The van der Waals surface area contributed by atoms with Gasteiger partial charge in [-0.1, -0.05) is 0 Å². The minimum absolute atomic E-state index is 0.424. The average Bonchev–Trinajstić information content (AvgIpc) is 3.21. The van der Waals surface area contributed by atoms with E-state index in [1.165, 1.54) is 12.8 Å². The number of hydrogen-bond donors (Lipinski definition) is 1. The summed E-state index contributed by atoms with van der Waals surface area (Å²) >= 11 is 0. The Morgan fingerprint density at radius 3 is 2.92 bits per heavy atom. The maximum Gasteiger partial charge on any atom is 0.159 e. The SMILES string of the molecule is Cc1cc(CN2CCn3c(COCC4CC4)nnc3C[C@H]2C)n[nH]1. The number of nitrogens with zero attached hydrogens (tertiary/aromatic N) is 5. The molecule has 3 heterocycles. The van der Waals surface area contributed by atoms with Crippen LogP contribution in [0.1, 0.15) is 42.8 Å². The molecule has 2 aromatic heterocycles. The molecule has 24 heavy (non-hydrogen) atoms. The molecule has 2 aliphatic rings. The topological polar surface area (TPSA) is 71.9 Å². The van der Waals surface area contributed by atoms with Crippen LogP contribution in [0.3, 0.4) is 0 Å². The van der Waals surface area contributed by atoms with E-state index in [0.29, 0.717) is 12.6 Å². The van der Waals surface area contributed by atoms with Crippen LogP contribution >= 0.6 is 0 Å². The van der Waals surface area contributed by atoms with Gasteiger partial charge in [0.25, 0.3) is 0 Å². The standard InChI is InChI=1S/C17H26N6O/c1-12-7-15(19-18-12)9-22-5-6-23-16(8-13(22)2)20-21-17(23)11-24-10-14-3-4-14/h7,13-14H,3-6,8-11H2,1-2H3,(H,18,19)/t13-/m1/s1. The van der Waals surface area contributed by atoms with Crippen molar-refractivity contribution in [3.63, 3.8) is 0 Å². The van der Waals surface area contributed by atoms with Crippen molar-refractivity contribution in [2.45, 2.75) is 58.8 Å². The van der Waals surface area contributed by atoms with Gasteiger partial charge in [-0.15, -0.1) is 10.2 Å². The normalized spacial score (nSPS) is 21.7. The third-order valence-electron chi connectivity index (χ3n) is 5.02. The molecule has 0 amide bonds. The fourth-order valence-electron chi connectivity index (χ4n) is 3.33. The Labute approximate surface area is 142 Å². The van der Waals surface area contributed by atoms with E-state index in [0.717, 1.165) is 61.6 Å². The second-order valence-corrected chi connectivity index (χ2v) is 7.21. The largest absolute Gasteiger partial charge is 0.373 e. The van der Waals surface area contributed by atoms with Gasteiger partial charge < -0.3 is 9.30 Å². The first-order chi connectivity index (χ1) is 11.7. The Balaban J connectivity index is 1.40. The summed E-state index contributed by atoms with van der Waals surface area (Å²) in [5.74, 6) is 2.83. The summed E-state index contributed by atoms with van der Waals surface area (Å²) in [4.78, 5) is 2.47. The number of H-pyrrole nitrogens is 1. The summed E-state index contributed by atoms with van der Waals surface area (Å²) in [6.07, 6.45) is 3.55. The van der Waals surface area contributed by atoms with Gasteiger partial charge in [0.1, 0.15) is 12.4 Å². The molecule has 0 unspecified atom stereocenters. The van der Waals surface area contributed by atoms with E-state index in [4.69, 9.17) is 4.74 Å². The molecule has 0 saturated heterocycles. The lowest BCUT2D eigenvalue weighted by molar-refractivity contribution is 0.103. The molecular formula is C17H26N6O. The summed E-state index contributed by atoms with van der Waals surface area (Å²) in [5.41, 5.74) is 2.21. The summed E-state index contributed by atoms with van der Waals surface area (Å²) in [7, 11) is 0. The second-order valence-electron chi connectivity index (χ2n) is 7.21. The lowest BCUT2D eigenvalue weighted by Gasteiger charge is -2.25. The molecule has 1 N–H and O–H groups in total. The van der Waals surface area contributed by atoms with Crippen molar-refractivity contribution in [1.82, 2.24) is 29.9 Å². The minimum atomic E-state index is 0.424. The van der Waals surface area contributed by atoms with Crippen LogP contribution in [0.15, 0.2) is 6.07 Å². The molecule has 0 bridgehead atoms. The number of fused-ring (bicyclic) bond motifs is 1. The van der Waals surface area contributed by atoms with Crippen LogP contribution in [-0.2, 0) is 30.9 Å². The van der Waals surface area contributed by atoms with Crippen LogP contribution in [0.2, 0.25) is 0 Å². The van der Waals surface area contributed by atoms with E-state index in [-0.39, 0.29) is 0 Å². The number of aryl methyl sites for hydroxylation is 1. The lowest BCUT2D eigenvalue weighted by atomic mass is 10.2. The van der Waals surface area contributed by atoms with Gasteiger partial charge in [0, 0.05) is 44.4 Å². The van der Waals surface area contributed by atoms with Gasteiger partial charge in [-0.3, -0.25) is 10.00 Å². The van der Waals surface area contributed by atoms with Crippen molar-refractivity contribution < 1.29 is 4.74 Å². The van der Waals surface area contributed by atoms with Crippen LogP contribution < -0.4 is 0 Å². The molecule has 0 radical (unpaired) electrons. The van der Waals surface area contributed by atoms with E-state index >= 15 is 0 Å². The second kappa shape index (κ2) is 6.64. The molecule has 7 nitrogen and oxygen atoms in total. The molecule has 1 atom stereocenters. The van der Waals surface area contributed by atoms with E-state index < -0.39 is 0 Å². The van der Waals surface area contributed by atoms with Crippen molar-refractivity contribution >= 4 is 0 Å². The highest BCUT2D eigenvalue weighted by Crippen LogP contribution is 2.29. The lowest BCUT2D eigenvalue weighted by Crippen LogP contribution is -2.34. The van der Waals surface area contributed by atoms with Gasteiger partial charge in [-0.05, 0) is 38.7 Å². The number of rotatable bonds is 6. The summed E-state index contributed by atoms with van der Waals surface area (Å²) in [5, 5.41) is 16.2. The van der Waals surface area contributed by atoms with Gasteiger partial charge in [0.05, 0.1) is 5.69 Å². The Morgan fingerprint density at radius 1 is 1.29 bits per heavy atom. The number of aromatic amines is 1. The van der Waals surface area contributed by atoms with Crippen LogP contribution in [-0.4, -0.2) is 49.1 Å². The molecule has 2 aromatic rings. The highest BCUT2D eigenvalue weighted by molar-refractivity contribution is 5.07. The van der Waals surface area contributed by atoms with Crippen LogP contribution in [0.4, 0.5) is 0 Å². The predicted molar refractivity (Wildman–Crippen MR) is 89.3 cm³/mol. The molecule has 1 saturated carbocycles. The Hall–Kier alpha value is -1.73. The number of ether oxygens (including phenoxy) is 1. The molecule has 7 heteroatoms. The van der Waals surface area contributed by atoms with Crippen molar-refractivity contribution in [2.75, 3.05) is 13.2 Å². The van der Waals surface area contributed by atoms with Crippen molar-refractivity contribution in [3.8, 4) is 0 Å². The van der Waals surface area contributed by atoms with E-state index in [9.17, 15) is 0 Å². The van der Waals surface area contributed by atoms with Gasteiger partial charge in [-0.2, -0.15) is 5.10 Å². The number of aromatic nitrogens is 5. The zero-order valence-electron chi connectivity index (χ0n) is 14.5. The van der Waals surface area contributed by atoms with E-state index in [2.05, 4.69) is 42.9 Å². The maximum atomic E-state index is 5.81. The Morgan fingerprint density at radius 2 is 2.17 bits per heavy atom. The quantitative estimate of drug-likeness (QED) is 0.872. The molecule has 0 spiro atoms. The van der Waals surface area contributed by atoms with Crippen LogP contribution in [0.25, 0.3) is 0 Å². The minimum Gasteiger partial charge on any atom is -0.373 e. The van der Waals surface area contributed by atoms with Crippen LogP contribution in [0.5, 0.6) is 0 Å². The smallest absolute Gasteiger partial charge is 0.159 e. The van der Waals surface area contributed by atoms with Gasteiger partial charge in [0.15, 0.2) is 5.82 Å². The van der Waals surface area contributed by atoms with Crippen molar-refractivity contribution in [3.05, 3.63) is 29.1 Å². The fourth-order valence-corrected chi connectivity index (χ4v) is 3.33. The summed E-state index contributed by atoms with van der Waals surface area (Å²) in [6.45, 7) is 8.51. The Kier molecular flexibility index (Phi) is 4.37. The zero-order chi connectivity index (χ0) is 16.5. The highest BCUT2D eigenvalue weighted by atomic mass is 16.5. The van der Waals surface area contributed by atoms with E-state index in [1.807, 2.05) is 6.92 Å². The third kappa shape index (κ3) is 3.52. The van der Waals surface area contributed by atoms with Crippen molar-refractivity contribution in [2.24, 2.45) is 5.92 Å². The maximum absolute atomic E-state index is 5.81. The molecule has 4 rings (SSSR count). The molecule has 0 aromatic carbocycles. The van der Waals surface area contributed by atoms with Crippen LogP contribution in [0, 0.1) is 12.8 Å². The molecule has 1 aliphatic carbocycles. The summed E-state index contributed by atoms with van der Waals surface area (Å²) < 4.78 is 8.06. The third-order valence-corrected chi connectivity index (χ3v) is 5.02. The average molecular weight is 330 g/mol. The molecule has 130 valence electrons. The highest BCUT2D eigenvalue weighted by Gasteiger charge is 2.25. The van der Waals surface area contributed by atoms with Crippen molar-refractivity contribution in [1.29, 1.82) is 0 Å². The van der Waals surface area contributed by atoms with Gasteiger partial charge in [0.2, 0.25) is 0 Å². The fraction of sp³-hybridized carbons (Fsp3) is 0.706. The molecule has 1 aliphatic heterocycles. The number of nitrogens with one attached hydrogen (secondary N) is 1. The molecular weight excluding hydrogens is 304 g/mol. The first-order valence-corrected chi connectivity index (χ1v) is 8.92. The zero-order valence-corrected chi connectivity index (χ0v) is 14.5. The Bertz CT molecular complexity index is 689. The predicted octanol–water partition coefficient (Wildman–Crippen LogP) is 1.68. The van der Waals surface area contributed by atoms with Gasteiger partial charge in [-0.25, -0.2) is 0 Å². The first-order valence-electron chi connectivity index (χ1n) is 8.92.